The topological polar surface area (TPSA) is 102 Å². The molecule has 0 saturated heterocycles. The van der Waals surface area contributed by atoms with Gasteiger partial charge in [-0.05, 0) is 19.1 Å². The first-order chi connectivity index (χ1) is 7.69. The van der Waals surface area contributed by atoms with Crippen molar-refractivity contribution in [3.05, 3.63) is 17.7 Å². The van der Waals surface area contributed by atoms with Gasteiger partial charge < -0.3 is 9.73 Å². The number of aromatic nitrogens is 5. The standard InChI is InChI=1S/C8H10N6O2/c1-5(11-15)3-7-9-13-14(10-7)8-4-6(2)16-12-8/h4,15H,3H2,1-2H3. The van der Waals surface area contributed by atoms with Crippen molar-refractivity contribution in [3.63, 3.8) is 0 Å². The van der Waals surface area contributed by atoms with Crippen molar-refractivity contribution < 1.29 is 9.73 Å². The van der Waals surface area contributed by atoms with E-state index in [2.05, 4.69) is 25.7 Å². The van der Waals surface area contributed by atoms with Crippen LogP contribution in [0.2, 0.25) is 0 Å². The summed E-state index contributed by atoms with van der Waals surface area (Å²) in [6.45, 7) is 3.44. The van der Waals surface area contributed by atoms with Gasteiger partial charge in [0.2, 0.25) is 5.82 Å². The Morgan fingerprint density at radius 1 is 1.62 bits per heavy atom. The lowest BCUT2D eigenvalue weighted by Gasteiger charge is -1.90. The number of aryl methyl sites for hydroxylation is 1. The second kappa shape index (κ2) is 4.09. The average Bonchev–Trinajstić information content (AvgIpc) is 2.87. The fourth-order valence-corrected chi connectivity index (χ4v) is 1.12. The summed E-state index contributed by atoms with van der Waals surface area (Å²) in [5, 5.41) is 26.9. The monoisotopic (exact) mass is 222 g/mol. The molecule has 0 saturated carbocycles. The molecule has 2 heterocycles. The van der Waals surface area contributed by atoms with Crippen molar-refractivity contribution in [2.24, 2.45) is 5.16 Å². The Hall–Kier alpha value is -2.25. The van der Waals surface area contributed by atoms with E-state index in [0.29, 0.717) is 29.5 Å². The highest BCUT2D eigenvalue weighted by atomic mass is 16.5. The molecular weight excluding hydrogens is 212 g/mol. The number of nitrogens with zero attached hydrogens (tertiary/aromatic N) is 6. The van der Waals surface area contributed by atoms with Crippen LogP contribution in [0.5, 0.6) is 0 Å². The summed E-state index contributed by atoms with van der Waals surface area (Å²) in [6, 6.07) is 1.69. The zero-order valence-electron chi connectivity index (χ0n) is 8.82. The predicted octanol–water partition coefficient (Wildman–Crippen LogP) is 0.351. The minimum absolute atomic E-state index is 0.341. The van der Waals surface area contributed by atoms with Crippen LogP contribution in [0, 0.1) is 6.92 Å². The van der Waals surface area contributed by atoms with Crippen molar-refractivity contribution in [2.45, 2.75) is 20.3 Å². The summed E-state index contributed by atoms with van der Waals surface area (Å²) in [4.78, 5) is 1.26. The summed E-state index contributed by atoms with van der Waals surface area (Å²) in [6.07, 6.45) is 0.341. The Morgan fingerprint density at radius 3 is 3.06 bits per heavy atom. The lowest BCUT2D eigenvalue weighted by molar-refractivity contribution is 0.317. The van der Waals surface area contributed by atoms with Crippen molar-refractivity contribution in [2.75, 3.05) is 0 Å². The van der Waals surface area contributed by atoms with Crippen LogP contribution in [-0.4, -0.2) is 36.3 Å². The van der Waals surface area contributed by atoms with Gasteiger partial charge in [-0.1, -0.05) is 10.3 Å². The summed E-state index contributed by atoms with van der Waals surface area (Å²) in [5.41, 5.74) is 0.510. The van der Waals surface area contributed by atoms with E-state index in [4.69, 9.17) is 9.73 Å². The third kappa shape index (κ3) is 2.05. The third-order valence-electron chi connectivity index (χ3n) is 1.86. The van der Waals surface area contributed by atoms with Gasteiger partial charge in [-0.3, -0.25) is 0 Å². The summed E-state index contributed by atoms with van der Waals surface area (Å²) < 4.78 is 4.89. The molecule has 84 valence electrons. The van der Waals surface area contributed by atoms with Gasteiger partial charge in [0.05, 0.1) is 12.1 Å². The van der Waals surface area contributed by atoms with Gasteiger partial charge in [0.25, 0.3) is 0 Å². The van der Waals surface area contributed by atoms with Gasteiger partial charge in [0, 0.05) is 6.07 Å². The normalized spacial score (nSPS) is 12.0. The molecule has 0 bridgehead atoms. The van der Waals surface area contributed by atoms with Crippen LogP contribution in [0.1, 0.15) is 18.5 Å². The molecule has 0 radical (unpaired) electrons. The molecule has 0 amide bonds. The maximum absolute atomic E-state index is 8.50. The third-order valence-corrected chi connectivity index (χ3v) is 1.86. The minimum Gasteiger partial charge on any atom is -0.411 e. The molecule has 2 aromatic rings. The van der Waals surface area contributed by atoms with Gasteiger partial charge in [0.1, 0.15) is 5.76 Å². The van der Waals surface area contributed by atoms with E-state index in [-0.39, 0.29) is 0 Å². The number of hydrogen-bond donors (Lipinski definition) is 1. The van der Waals surface area contributed by atoms with Crippen LogP contribution in [-0.2, 0) is 6.42 Å². The van der Waals surface area contributed by atoms with E-state index in [1.807, 2.05) is 0 Å². The van der Waals surface area contributed by atoms with Gasteiger partial charge in [0.15, 0.2) is 5.82 Å². The van der Waals surface area contributed by atoms with E-state index >= 15 is 0 Å². The Morgan fingerprint density at radius 2 is 2.44 bits per heavy atom. The lowest BCUT2D eigenvalue weighted by Crippen LogP contribution is -2.02. The van der Waals surface area contributed by atoms with Crippen molar-refractivity contribution >= 4 is 5.71 Å². The van der Waals surface area contributed by atoms with Gasteiger partial charge in [-0.2, -0.15) is 0 Å². The number of oxime groups is 1. The average molecular weight is 222 g/mol. The highest BCUT2D eigenvalue weighted by molar-refractivity contribution is 5.82. The molecule has 2 aromatic heterocycles. The Bertz CT molecular complexity index is 514. The van der Waals surface area contributed by atoms with Gasteiger partial charge in [-0.25, -0.2) is 0 Å². The van der Waals surface area contributed by atoms with E-state index in [0.717, 1.165) is 0 Å². The molecule has 8 nitrogen and oxygen atoms in total. The number of tetrazole rings is 1. The predicted molar refractivity (Wildman–Crippen MR) is 52.6 cm³/mol. The lowest BCUT2D eigenvalue weighted by atomic mass is 10.3. The molecule has 16 heavy (non-hydrogen) atoms. The van der Waals surface area contributed by atoms with Crippen LogP contribution in [0.25, 0.3) is 5.82 Å². The second-order valence-corrected chi connectivity index (χ2v) is 3.30. The molecule has 0 atom stereocenters. The molecule has 2 rings (SSSR count). The van der Waals surface area contributed by atoms with Crippen LogP contribution in [0.4, 0.5) is 0 Å². The first-order valence-electron chi connectivity index (χ1n) is 4.59. The smallest absolute Gasteiger partial charge is 0.218 e. The van der Waals surface area contributed by atoms with E-state index in [9.17, 15) is 0 Å². The first kappa shape index (κ1) is 10.3. The van der Waals surface area contributed by atoms with Crippen LogP contribution in [0.15, 0.2) is 15.7 Å². The largest absolute Gasteiger partial charge is 0.411 e. The fourth-order valence-electron chi connectivity index (χ4n) is 1.12. The molecule has 0 aliphatic heterocycles. The Kier molecular flexibility index (Phi) is 2.63. The van der Waals surface area contributed by atoms with E-state index in [1.165, 1.54) is 4.80 Å². The molecule has 0 aliphatic rings. The second-order valence-electron chi connectivity index (χ2n) is 3.30. The van der Waals surface area contributed by atoms with Crippen molar-refractivity contribution in [1.29, 1.82) is 0 Å². The maximum Gasteiger partial charge on any atom is 0.218 e. The molecule has 8 heteroatoms. The molecule has 0 unspecified atom stereocenters. The van der Waals surface area contributed by atoms with Gasteiger partial charge >= 0.3 is 0 Å². The Balaban J connectivity index is 2.19. The summed E-state index contributed by atoms with van der Waals surface area (Å²) in [5.74, 6) is 1.59. The van der Waals surface area contributed by atoms with Crippen molar-refractivity contribution in [1.82, 2.24) is 25.4 Å². The molecule has 0 aliphatic carbocycles. The molecule has 1 N–H and O–H groups in total. The zero-order chi connectivity index (χ0) is 11.5. The molecule has 0 aromatic carbocycles. The summed E-state index contributed by atoms with van der Waals surface area (Å²) >= 11 is 0. The first-order valence-corrected chi connectivity index (χ1v) is 4.59. The highest BCUT2D eigenvalue weighted by Crippen LogP contribution is 2.04. The van der Waals surface area contributed by atoms with Crippen molar-refractivity contribution in [3.8, 4) is 5.82 Å². The van der Waals surface area contributed by atoms with Gasteiger partial charge in [-0.15, -0.1) is 15.0 Å². The molecule has 0 spiro atoms. The van der Waals surface area contributed by atoms with Crippen LogP contribution < -0.4 is 0 Å². The van der Waals surface area contributed by atoms with E-state index < -0.39 is 0 Å². The number of rotatable bonds is 3. The van der Waals surface area contributed by atoms with Crippen LogP contribution >= 0.6 is 0 Å². The quantitative estimate of drug-likeness (QED) is 0.456. The number of hydrogen-bond acceptors (Lipinski definition) is 7. The Labute approximate surface area is 90.5 Å². The minimum atomic E-state index is 0.341. The van der Waals surface area contributed by atoms with Crippen LogP contribution in [0.3, 0.4) is 0 Å². The van der Waals surface area contributed by atoms with E-state index in [1.54, 1.807) is 19.9 Å². The zero-order valence-corrected chi connectivity index (χ0v) is 8.82. The fraction of sp³-hybridized carbons (Fsp3) is 0.375. The molecule has 0 fully saturated rings. The SMILES string of the molecule is CC(Cc1nnn(-c2cc(C)on2)n1)=NO. The molecular formula is C8H10N6O2. The highest BCUT2D eigenvalue weighted by Gasteiger charge is 2.09. The summed E-state index contributed by atoms with van der Waals surface area (Å²) in [7, 11) is 0. The maximum atomic E-state index is 8.50.